The van der Waals surface area contributed by atoms with E-state index in [9.17, 15) is 0 Å². The molecular formula is C14H26N4. The summed E-state index contributed by atoms with van der Waals surface area (Å²) in [4.78, 5) is 8.76. The number of nitrogens with one attached hydrogen (secondary N) is 2. The highest BCUT2D eigenvalue weighted by molar-refractivity contribution is 5.57. The Morgan fingerprint density at radius 3 is 2.44 bits per heavy atom. The van der Waals surface area contributed by atoms with Crippen LogP contribution in [-0.2, 0) is 6.42 Å². The molecular weight excluding hydrogens is 224 g/mol. The first kappa shape index (κ1) is 14.7. The van der Waals surface area contributed by atoms with Gasteiger partial charge in [0.2, 0.25) is 0 Å². The monoisotopic (exact) mass is 250 g/mol. The lowest BCUT2D eigenvalue weighted by Crippen LogP contribution is -2.17. The molecule has 0 saturated carbocycles. The van der Waals surface area contributed by atoms with Crippen LogP contribution in [0.3, 0.4) is 0 Å². The van der Waals surface area contributed by atoms with Gasteiger partial charge in [0.15, 0.2) is 0 Å². The number of hydrogen-bond donors (Lipinski definition) is 2. The maximum atomic E-state index is 4.39. The van der Waals surface area contributed by atoms with Crippen molar-refractivity contribution in [2.45, 2.75) is 59.4 Å². The third kappa shape index (κ3) is 4.17. The Morgan fingerprint density at radius 1 is 1.11 bits per heavy atom. The van der Waals surface area contributed by atoms with Crippen LogP contribution in [-0.4, -0.2) is 22.6 Å². The van der Waals surface area contributed by atoms with Gasteiger partial charge >= 0.3 is 0 Å². The van der Waals surface area contributed by atoms with Gasteiger partial charge in [-0.2, -0.15) is 0 Å². The molecule has 4 nitrogen and oxygen atoms in total. The molecule has 0 aliphatic rings. The van der Waals surface area contributed by atoms with Crippen molar-refractivity contribution in [3.63, 3.8) is 0 Å². The molecule has 1 aromatic heterocycles. The first-order valence-electron chi connectivity index (χ1n) is 7.07. The van der Waals surface area contributed by atoms with Crippen LogP contribution in [0.2, 0.25) is 0 Å². The number of rotatable bonds is 8. The van der Waals surface area contributed by atoms with Gasteiger partial charge in [-0.25, -0.2) is 9.97 Å². The van der Waals surface area contributed by atoms with E-state index in [0.29, 0.717) is 6.04 Å². The molecule has 1 atom stereocenters. The average molecular weight is 250 g/mol. The zero-order valence-electron chi connectivity index (χ0n) is 12.1. The second-order valence-electron chi connectivity index (χ2n) is 4.68. The molecule has 0 aromatic carbocycles. The molecule has 18 heavy (non-hydrogen) atoms. The highest BCUT2D eigenvalue weighted by atomic mass is 15.1. The molecule has 2 N–H and O–H groups in total. The molecule has 102 valence electrons. The summed E-state index contributed by atoms with van der Waals surface area (Å²) in [6.45, 7) is 9.65. The molecule has 0 spiro atoms. The predicted molar refractivity (Wildman–Crippen MR) is 78.2 cm³/mol. The van der Waals surface area contributed by atoms with Gasteiger partial charge in [-0.1, -0.05) is 27.2 Å². The molecule has 0 aliphatic heterocycles. The average Bonchev–Trinajstić information content (AvgIpc) is 2.39. The fourth-order valence-corrected chi connectivity index (χ4v) is 1.75. The van der Waals surface area contributed by atoms with E-state index in [0.717, 1.165) is 43.9 Å². The summed E-state index contributed by atoms with van der Waals surface area (Å²) in [5.74, 6) is 1.97. The van der Waals surface area contributed by atoms with Crippen molar-refractivity contribution in [3.8, 4) is 0 Å². The van der Waals surface area contributed by atoms with Crippen LogP contribution < -0.4 is 10.6 Å². The van der Waals surface area contributed by atoms with E-state index in [1.54, 1.807) is 6.33 Å². The maximum absolute atomic E-state index is 4.39. The van der Waals surface area contributed by atoms with E-state index in [1.807, 2.05) is 0 Å². The standard InChI is InChI=1S/C14H26N4/c1-5-8-12-13(15-9-6-2)16-10-17-14(12)18-11(4)7-3/h10-11H,5-9H2,1-4H3,(H2,15,16,17,18). The summed E-state index contributed by atoms with van der Waals surface area (Å²) >= 11 is 0. The van der Waals surface area contributed by atoms with E-state index >= 15 is 0 Å². The SMILES string of the molecule is CCCNc1ncnc(NC(C)CC)c1CCC. The van der Waals surface area contributed by atoms with E-state index in [4.69, 9.17) is 0 Å². The lowest BCUT2D eigenvalue weighted by atomic mass is 10.1. The zero-order chi connectivity index (χ0) is 13.4. The fraction of sp³-hybridized carbons (Fsp3) is 0.714. The molecule has 0 aliphatic carbocycles. The van der Waals surface area contributed by atoms with Gasteiger partial charge in [-0.3, -0.25) is 0 Å². The summed E-state index contributed by atoms with van der Waals surface area (Å²) in [6.07, 6.45) is 5.94. The summed E-state index contributed by atoms with van der Waals surface area (Å²) in [5, 5.41) is 6.86. The Balaban J connectivity index is 2.92. The molecule has 0 fully saturated rings. The van der Waals surface area contributed by atoms with Crippen molar-refractivity contribution in [2.75, 3.05) is 17.2 Å². The molecule has 4 heteroatoms. The summed E-state index contributed by atoms with van der Waals surface area (Å²) in [5.41, 5.74) is 1.22. The lowest BCUT2D eigenvalue weighted by molar-refractivity contribution is 0.753. The number of aromatic nitrogens is 2. The van der Waals surface area contributed by atoms with Gasteiger partial charge in [0, 0.05) is 18.2 Å². The van der Waals surface area contributed by atoms with Gasteiger partial charge < -0.3 is 10.6 Å². The number of anilines is 2. The Hall–Kier alpha value is -1.32. The van der Waals surface area contributed by atoms with Crippen LogP contribution in [0.1, 0.15) is 52.5 Å². The smallest absolute Gasteiger partial charge is 0.134 e. The van der Waals surface area contributed by atoms with Gasteiger partial charge in [0.25, 0.3) is 0 Å². The van der Waals surface area contributed by atoms with Crippen LogP contribution in [0.5, 0.6) is 0 Å². The number of nitrogens with zero attached hydrogens (tertiary/aromatic N) is 2. The third-order valence-electron chi connectivity index (χ3n) is 2.98. The minimum Gasteiger partial charge on any atom is -0.370 e. The van der Waals surface area contributed by atoms with E-state index in [-0.39, 0.29) is 0 Å². The van der Waals surface area contributed by atoms with E-state index in [1.165, 1.54) is 5.56 Å². The first-order chi connectivity index (χ1) is 8.72. The highest BCUT2D eigenvalue weighted by Crippen LogP contribution is 2.22. The van der Waals surface area contributed by atoms with E-state index < -0.39 is 0 Å². The van der Waals surface area contributed by atoms with Crippen LogP contribution >= 0.6 is 0 Å². The van der Waals surface area contributed by atoms with Crippen molar-refractivity contribution in [2.24, 2.45) is 0 Å². The van der Waals surface area contributed by atoms with Gasteiger partial charge in [-0.15, -0.1) is 0 Å². The molecule has 0 saturated heterocycles. The van der Waals surface area contributed by atoms with Crippen molar-refractivity contribution < 1.29 is 0 Å². The second kappa shape index (κ2) is 7.90. The molecule has 1 heterocycles. The molecule has 1 aromatic rings. The normalized spacial score (nSPS) is 12.2. The maximum Gasteiger partial charge on any atom is 0.134 e. The molecule has 0 amide bonds. The number of hydrogen-bond acceptors (Lipinski definition) is 4. The molecule has 0 bridgehead atoms. The molecule has 0 radical (unpaired) electrons. The van der Waals surface area contributed by atoms with Crippen molar-refractivity contribution in [1.82, 2.24) is 9.97 Å². The summed E-state index contributed by atoms with van der Waals surface area (Å²) < 4.78 is 0. The Kier molecular flexibility index (Phi) is 6.47. The quantitative estimate of drug-likeness (QED) is 0.742. The zero-order valence-corrected chi connectivity index (χ0v) is 12.1. The molecule has 1 rings (SSSR count). The van der Waals surface area contributed by atoms with Crippen molar-refractivity contribution in [1.29, 1.82) is 0 Å². The van der Waals surface area contributed by atoms with E-state index in [2.05, 4.69) is 48.3 Å². The van der Waals surface area contributed by atoms with Gasteiger partial charge in [0.05, 0.1) is 0 Å². The third-order valence-corrected chi connectivity index (χ3v) is 2.98. The Bertz CT molecular complexity index is 352. The Morgan fingerprint density at radius 2 is 1.83 bits per heavy atom. The molecule has 1 unspecified atom stereocenters. The topological polar surface area (TPSA) is 49.8 Å². The second-order valence-corrected chi connectivity index (χ2v) is 4.68. The van der Waals surface area contributed by atoms with Crippen molar-refractivity contribution in [3.05, 3.63) is 11.9 Å². The van der Waals surface area contributed by atoms with Gasteiger partial charge in [0.1, 0.15) is 18.0 Å². The van der Waals surface area contributed by atoms with Crippen molar-refractivity contribution >= 4 is 11.6 Å². The van der Waals surface area contributed by atoms with Crippen LogP contribution in [0, 0.1) is 0 Å². The van der Waals surface area contributed by atoms with Crippen LogP contribution in [0.15, 0.2) is 6.33 Å². The minimum atomic E-state index is 0.439. The van der Waals surface area contributed by atoms with Crippen LogP contribution in [0.4, 0.5) is 11.6 Å². The lowest BCUT2D eigenvalue weighted by Gasteiger charge is -2.18. The van der Waals surface area contributed by atoms with Crippen LogP contribution in [0.25, 0.3) is 0 Å². The Labute approximate surface area is 111 Å². The largest absolute Gasteiger partial charge is 0.370 e. The summed E-state index contributed by atoms with van der Waals surface area (Å²) in [6, 6.07) is 0.439. The highest BCUT2D eigenvalue weighted by Gasteiger charge is 2.11. The fourth-order valence-electron chi connectivity index (χ4n) is 1.75. The first-order valence-corrected chi connectivity index (χ1v) is 7.07. The predicted octanol–water partition coefficient (Wildman–Crippen LogP) is 3.46. The minimum absolute atomic E-state index is 0.439. The summed E-state index contributed by atoms with van der Waals surface area (Å²) in [7, 11) is 0. The van der Waals surface area contributed by atoms with Gasteiger partial charge in [-0.05, 0) is 26.2 Å².